The molecule has 3 heterocycles. The third-order valence-electron chi connectivity index (χ3n) is 4.99. The Morgan fingerprint density at radius 2 is 1.93 bits per heavy atom. The van der Waals surface area contributed by atoms with Crippen LogP contribution in [0.1, 0.15) is 17.8 Å². The number of aromatic amines is 1. The lowest BCUT2D eigenvalue weighted by Crippen LogP contribution is -2.49. The standard InChI is InChI=1S/C20H22N6O2/c1-14-12-18(22-13-21-14)25-8-10-26(11-9-25)19(27)7-6-17-20(28)24-16-5-3-2-4-15(16)23-17/h2-5,12-13H,6-11H2,1H3,(H,24,28). The van der Waals surface area contributed by atoms with Crippen LogP contribution in [0.4, 0.5) is 5.82 Å². The maximum absolute atomic E-state index is 12.6. The zero-order chi connectivity index (χ0) is 19.5. The van der Waals surface area contributed by atoms with Crippen molar-refractivity contribution in [1.82, 2.24) is 24.8 Å². The summed E-state index contributed by atoms with van der Waals surface area (Å²) in [5, 5.41) is 0. The fraction of sp³-hybridized carbons (Fsp3) is 0.350. The van der Waals surface area contributed by atoms with Gasteiger partial charge in [-0.2, -0.15) is 0 Å². The van der Waals surface area contributed by atoms with E-state index < -0.39 is 0 Å². The van der Waals surface area contributed by atoms with Gasteiger partial charge in [0.2, 0.25) is 5.91 Å². The monoisotopic (exact) mass is 378 g/mol. The van der Waals surface area contributed by atoms with E-state index in [2.05, 4.69) is 24.8 Å². The first kappa shape index (κ1) is 18.1. The molecule has 0 unspecified atom stereocenters. The fourth-order valence-electron chi connectivity index (χ4n) is 3.42. The van der Waals surface area contributed by atoms with Gasteiger partial charge >= 0.3 is 0 Å². The van der Waals surface area contributed by atoms with Gasteiger partial charge in [0.15, 0.2) is 0 Å². The fourth-order valence-corrected chi connectivity index (χ4v) is 3.42. The summed E-state index contributed by atoms with van der Waals surface area (Å²) in [6.45, 7) is 4.69. The number of carbonyl (C=O) groups is 1. The van der Waals surface area contributed by atoms with Gasteiger partial charge in [-0.1, -0.05) is 12.1 Å². The minimum atomic E-state index is -0.226. The summed E-state index contributed by atoms with van der Waals surface area (Å²) >= 11 is 0. The third-order valence-corrected chi connectivity index (χ3v) is 4.99. The molecule has 0 aliphatic carbocycles. The molecule has 4 rings (SSSR count). The number of nitrogens with one attached hydrogen (secondary N) is 1. The summed E-state index contributed by atoms with van der Waals surface area (Å²) in [6.07, 6.45) is 2.18. The first-order valence-corrected chi connectivity index (χ1v) is 9.39. The third kappa shape index (κ3) is 3.85. The van der Waals surface area contributed by atoms with Crippen molar-refractivity contribution in [3.05, 3.63) is 58.4 Å². The normalized spacial score (nSPS) is 14.5. The van der Waals surface area contributed by atoms with E-state index in [9.17, 15) is 9.59 Å². The molecule has 1 N–H and O–H groups in total. The number of hydrogen-bond acceptors (Lipinski definition) is 6. The van der Waals surface area contributed by atoms with Crippen molar-refractivity contribution in [1.29, 1.82) is 0 Å². The van der Waals surface area contributed by atoms with Crippen molar-refractivity contribution in [2.24, 2.45) is 0 Å². The molecule has 0 radical (unpaired) electrons. The lowest BCUT2D eigenvalue weighted by molar-refractivity contribution is -0.131. The highest BCUT2D eigenvalue weighted by molar-refractivity contribution is 5.77. The minimum Gasteiger partial charge on any atom is -0.353 e. The molecule has 1 amide bonds. The van der Waals surface area contributed by atoms with Gasteiger partial charge in [0.25, 0.3) is 5.56 Å². The van der Waals surface area contributed by atoms with Crippen LogP contribution in [0.15, 0.2) is 41.5 Å². The molecule has 2 aromatic heterocycles. The molecule has 1 aliphatic rings. The first-order valence-electron chi connectivity index (χ1n) is 9.39. The van der Waals surface area contributed by atoms with Crippen LogP contribution in [0.5, 0.6) is 0 Å². The van der Waals surface area contributed by atoms with Crippen LogP contribution in [0.3, 0.4) is 0 Å². The van der Waals surface area contributed by atoms with E-state index in [4.69, 9.17) is 0 Å². The van der Waals surface area contributed by atoms with Gasteiger partial charge in [0, 0.05) is 50.8 Å². The molecule has 144 valence electrons. The molecule has 8 nitrogen and oxygen atoms in total. The van der Waals surface area contributed by atoms with E-state index in [1.54, 1.807) is 6.33 Å². The topological polar surface area (TPSA) is 95.1 Å². The molecule has 0 spiro atoms. The molecule has 0 bridgehead atoms. The average Bonchev–Trinajstić information content (AvgIpc) is 2.72. The van der Waals surface area contributed by atoms with Crippen LogP contribution < -0.4 is 10.5 Å². The summed E-state index contributed by atoms with van der Waals surface area (Å²) in [6, 6.07) is 9.35. The van der Waals surface area contributed by atoms with E-state index in [-0.39, 0.29) is 17.9 Å². The van der Waals surface area contributed by atoms with E-state index >= 15 is 0 Å². The van der Waals surface area contributed by atoms with Crippen LogP contribution in [0.2, 0.25) is 0 Å². The van der Waals surface area contributed by atoms with Crippen molar-refractivity contribution in [2.75, 3.05) is 31.1 Å². The zero-order valence-electron chi connectivity index (χ0n) is 15.8. The van der Waals surface area contributed by atoms with E-state index in [0.717, 1.165) is 30.1 Å². The van der Waals surface area contributed by atoms with Gasteiger partial charge in [-0.15, -0.1) is 0 Å². The second-order valence-corrected chi connectivity index (χ2v) is 6.92. The summed E-state index contributed by atoms with van der Waals surface area (Å²) in [5.41, 5.74) is 2.55. The number of rotatable bonds is 4. The summed E-state index contributed by atoms with van der Waals surface area (Å²) in [7, 11) is 0. The highest BCUT2D eigenvalue weighted by Crippen LogP contribution is 2.14. The van der Waals surface area contributed by atoms with Crippen LogP contribution in [-0.2, 0) is 11.2 Å². The maximum Gasteiger partial charge on any atom is 0.270 e. The number of H-pyrrole nitrogens is 1. The summed E-state index contributed by atoms with van der Waals surface area (Å²) in [5.74, 6) is 0.944. The van der Waals surface area contributed by atoms with Gasteiger partial charge in [0.05, 0.1) is 11.0 Å². The molecule has 1 aromatic carbocycles. The lowest BCUT2D eigenvalue weighted by Gasteiger charge is -2.35. The number of aromatic nitrogens is 4. The molecular formula is C20H22N6O2. The second-order valence-electron chi connectivity index (χ2n) is 6.92. The van der Waals surface area contributed by atoms with E-state index in [0.29, 0.717) is 30.7 Å². The molecular weight excluding hydrogens is 356 g/mol. The largest absolute Gasteiger partial charge is 0.353 e. The molecule has 1 aliphatic heterocycles. The van der Waals surface area contributed by atoms with Crippen molar-refractivity contribution >= 4 is 22.8 Å². The van der Waals surface area contributed by atoms with Gasteiger partial charge < -0.3 is 14.8 Å². The molecule has 8 heteroatoms. The quantitative estimate of drug-likeness (QED) is 0.735. The maximum atomic E-state index is 12.6. The Hall–Kier alpha value is -3.29. The zero-order valence-corrected chi connectivity index (χ0v) is 15.8. The molecule has 3 aromatic rings. The van der Waals surface area contributed by atoms with Crippen molar-refractivity contribution in [3.8, 4) is 0 Å². The van der Waals surface area contributed by atoms with Crippen LogP contribution in [-0.4, -0.2) is 56.9 Å². The number of para-hydroxylation sites is 2. The number of nitrogens with zero attached hydrogens (tertiary/aromatic N) is 5. The van der Waals surface area contributed by atoms with Gasteiger partial charge in [-0.05, 0) is 19.1 Å². The second kappa shape index (κ2) is 7.75. The Morgan fingerprint density at radius 3 is 2.71 bits per heavy atom. The van der Waals surface area contributed by atoms with Gasteiger partial charge in [-0.25, -0.2) is 15.0 Å². The van der Waals surface area contributed by atoms with Crippen LogP contribution in [0, 0.1) is 6.92 Å². The Bertz CT molecular complexity index is 1060. The van der Waals surface area contributed by atoms with Crippen molar-refractivity contribution in [2.45, 2.75) is 19.8 Å². The van der Waals surface area contributed by atoms with Gasteiger partial charge in [0.1, 0.15) is 17.8 Å². The number of anilines is 1. The predicted molar refractivity (Wildman–Crippen MR) is 106 cm³/mol. The Morgan fingerprint density at radius 1 is 1.14 bits per heavy atom. The number of carbonyl (C=O) groups excluding carboxylic acids is 1. The van der Waals surface area contributed by atoms with Crippen molar-refractivity contribution in [3.63, 3.8) is 0 Å². The number of benzene rings is 1. The van der Waals surface area contributed by atoms with E-state index in [1.807, 2.05) is 42.2 Å². The molecule has 1 fully saturated rings. The number of amides is 1. The number of aryl methyl sites for hydroxylation is 2. The van der Waals surface area contributed by atoms with Crippen LogP contribution >= 0.6 is 0 Å². The lowest BCUT2D eigenvalue weighted by atomic mass is 10.2. The molecule has 0 atom stereocenters. The first-order chi connectivity index (χ1) is 13.6. The highest BCUT2D eigenvalue weighted by Gasteiger charge is 2.22. The highest BCUT2D eigenvalue weighted by atomic mass is 16.2. The minimum absolute atomic E-state index is 0.0490. The predicted octanol–water partition coefficient (Wildman–Crippen LogP) is 1.30. The average molecular weight is 378 g/mol. The molecule has 28 heavy (non-hydrogen) atoms. The Labute approximate surface area is 162 Å². The van der Waals surface area contributed by atoms with E-state index in [1.165, 1.54) is 0 Å². The smallest absolute Gasteiger partial charge is 0.270 e. The Balaban J connectivity index is 1.35. The van der Waals surface area contributed by atoms with Crippen LogP contribution in [0.25, 0.3) is 11.0 Å². The molecule has 1 saturated heterocycles. The molecule has 0 saturated carbocycles. The SMILES string of the molecule is Cc1cc(N2CCN(C(=O)CCc3nc4ccccc4[nH]c3=O)CC2)ncn1. The number of fused-ring (bicyclic) bond motifs is 1. The number of hydrogen-bond donors (Lipinski definition) is 1. The summed E-state index contributed by atoms with van der Waals surface area (Å²) in [4.78, 5) is 44.5. The van der Waals surface area contributed by atoms with Crippen molar-refractivity contribution < 1.29 is 4.79 Å². The van der Waals surface area contributed by atoms with Gasteiger partial charge in [-0.3, -0.25) is 9.59 Å². The Kier molecular flexibility index (Phi) is 5.01. The summed E-state index contributed by atoms with van der Waals surface area (Å²) < 4.78 is 0. The number of piperazine rings is 1.